The molecule has 0 amide bonds. The van der Waals surface area contributed by atoms with E-state index >= 15 is 0 Å². The second-order valence-electron chi connectivity index (χ2n) is 4.43. The fraction of sp³-hybridized carbons (Fsp3) is 0.467. The largest absolute Gasteiger partial charge is 0.496 e. The molecule has 0 spiro atoms. The van der Waals surface area contributed by atoms with Crippen molar-refractivity contribution in [3.63, 3.8) is 0 Å². The quantitative estimate of drug-likeness (QED) is 0.795. The van der Waals surface area contributed by atoms with Crippen LogP contribution in [0.15, 0.2) is 41.0 Å². The lowest BCUT2D eigenvalue weighted by molar-refractivity contribution is 0.220. The Hall–Kier alpha value is -0.930. The van der Waals surface area contributed by atoms with E-state index in [1.165, 1.54) is 10.5 Å². The molecule has 2 nitrogen and oxygen atoms in total. The second kappa shape index (κ2) is 6.86. The summed E-state index contributed by atoms with van der Waals surface area (Å²) in [5, 5.41) is 3.50. The van der Waals surface area contributed by atoms with Crippen LogP contribution in [0.25, 0.3) is 0 Å². The molecule has 1 aromatic rings. The van der Waals surface area contributed by atoms with Crippen molar-refractivity contribution in [2.24, 2.45) is 0 Å². The van der Waals surface area contributed by atoms with Crippen molar-refractivity contribution in [1.29, 1.82) is 0 Å². The molecule has 0 bridgehead atoms. The van der Waals surface area contributed by atoms with Gasteiger partial charge in [-0.3, -0.25) is 0 Å². The number of rotatable bonds is 6. The maximum Gasteiger partial charge on any atom is 0.110 e. The van der Waals surface area contributed by atoms with E-state index in [2.05, 4.69) is 49.5 Å². The van der Waals surface area contributed by atoms with Crippen LogP contribution in [0.4, 0.5) is 0 Å². The summed E-state index contributed by atoms with van der Waals surface area (Å²) in [5.41, 5.74) is 1.35. The second-order valence-corrected chi connectivity index (χ2v) is 5.49. The Kier molecular flexibility index (Phi) is 5.14. The molecule has 0 fully saturated rings. The predicted molar refractivity (Wildman–Crippen MR) is 78.0 cm³/mol. The highest BCUT2D eigenvalue weighted by Crippen LogP contribution is 2.25. The molecular weight excluding hydrogens is 242 g/mol. The monoisotopic (exact) mass is 263 g/mol. The van der Waals surface area contributed by atoms with Crippen molar-refractivity contribution in [2.45, 2.75) is 31.2 Å². The van der Waals surface area contributed by atoms with Crippen LogP contribution in [-0.4, -0.2) is 24.9 Å². The topological polar surface area (TPSA) is 21.3 Å². The van der Waals surface area contributed by atoms with Crippen LogP contribution in [0.5, 0.6) is 0 Å². The van der Waals surface area contributed by atoms with Gasteiger partial charge < -0.3 is 10.1 Å². The first-order valence-corrected chi connectivity index (χ1v) is 7.54. The molecule has 1 heterocycles. The summed E-state index contributed by atoms with van der Waals surface area (Å²) in [6, 6.07) is 8.87. The van der Waals surface area contributed by atoms with E-state index in [9.17, 15) is 0 Å². The fourth-order valence-electron chi connectivity index (χ4n) is 2.06. The van der Waals surface area contributed by atoms with Crippen LogP contribution in [0.3, 0.4) is 0 Å². The molecule has 1 N–H and O–H groups in total. The Bertz CT molecular complexity index is 417. The molecule has 1 aliphatic rings. The van der Waals surface area contributed by atoms with Gasteiger partial charge in [-0.1, -0.05) is 25.1 Å². The van der Waals surface area contributed by atoms with Gasteiger partial charge in [0.05, 0.1) is 12.6 Å². The number of aryl methyl sites for hydroxylation is 1. The standard InChI is InChI=1S/C15H21NOS/c1-3-16-13(14-8-6-10-17-14)11-18-15-9-5-4-7-12(15)2/h4-5,7-9,13,16H,3,6,10-11H2,1-2H3. The van der Waals surface area contributed by atoms with Gasteiger partial charge in [-0.05, 0) is 31.2 Å². The average molecular weight is 263 g/mol. The maximum atomic E-state index is 5.67. The van der Waals surface area contributed by atoms with Crippen molar-refractivity contribution >= 4 is 11.8 Å². The van der Waals surface area contributed by atoms with Crippen LogP contribution in [0, 0.1) is 6.92 Å². The number of likely N-dealkylation sites (N-methyl/N-ethyl adjacent to an activating group) is 1. The molecule has 3 heteroatoms. The van der Waals surface area contributed by atoms with Crippen LogP contribution >= 0.6 is 11.8 Å². The SMILES string of the molecule is CCNC(CSc1ccccc1C)C1=CCCO1. The average Bonchev–Trinajstić information content (AvgIpc) is 2.90. The van der Waals surface area contributed by atoms with Gasteiger partial charge in [0, 0.05) is 17.1 Å². The van der Waals surface area contributed by atoms with Gasteiger partial charge >= 0.3 is 0 Å². The smallest absolute Gasteiger partial charge is 0.110 e. The minimum Gasteiger partial charge on any atom is -0.496 e. The zero-order valence-corrected chi connectivity index (χ0v) is 11.9. The predicted octanol–water partition coefficient (Wildman–Crippen LogP) is 3.37. The molecule has 1 aliphatic heterocycles. The summed E-state index contributed by atoms with van der Waals surface area (Å²) in [6.45, 7) is 6.11. The number of benzene rings is 1. The van der Waals surface area contributed by atoms with Crippen molar-refractivity contribution in [1.82, 2.24) is 5.32 Å². The van der Waals surface area contributed by atoms with Gasteiger partial charge in [-0.25, -0.2) is 0 Å². The molecule has 1 aromatic carbocycles. The highest BCUT2D eigenvalue weighted by Gasteiger charge is 2.18. The zero-order chi connectivity index (χ0) is 12.8. The van der Waals surface area contributed by atoms with Crippen LogP contribution in [0.2, 0.25) is 0 Å². The first-order chi connectivity index (χ1) is 8.81. The molecular formula is C15H21NOS. The minimum atomic E-state index is 0.335. The third-order valence-corrected chi connectivity index (χ3v) is 4.29. The van der Waals surface area contributed by atoms with Gasteiger partial charge in [0.15, 0.2) is 0 Å². The number of hydrogen-bond acceptors (Lipinski definition) is 3. The molecule has 0 aliphatic carbocycles. The Morgan fingerprint density at radius 3 is 2.89 bits per heavy atom. The van der Waals surface area contributed by atoms with Crippen molar-refractivity contribution in [3.8, 4) is 0 Å². The van der Waals surface area contributed by atoms with E-state index in [0.717, 1.165) is 31.1 Å². The molecule has 18 heavy (non-hydrogen) atoms. The minimum absolute atomic E-state index is 0.335. The lowest BCUT2D eigenvalue weighted by Gasteiger charge is -2.19. The lowest BCUT2D eigenvalue weighted by Crippen LogP contribution is -2.33. The number of thioether (sulfide) groups is 1. The van der Waals surface area contributed by atoms with E-state index in [0.29, 0.717) is 6.04 Å². The zero-order valence-electron chi connectivity index (χ0n) is 11.1. The van der Waals surface area contributed by atoms with Crippen LogP contribution in [0.1, 0.15) is 18.9 Å². The Morgan fingerprint density at radius 1 is 1.39 bits per heavy atom. The molecule has 0 saturated heterocycles. The Morgan fingerprint density at radius 2 is 2.22 bits per heavy atom. The normalized spacial score (nSPS) is 16.2. The van der Waals surface area contributed by atoms with E-state index in [1.54, 1.807) is 0 Å². The molecule has 0 radical (unpaired) electrons. The summed E-state index contributed by atoms with van der Waals surface area (Å²) in [4.78, 5) is 1.36. The van der Waals surface area contributed by atoms with E-state index in [4.69, 9.17) is 4.74 Å². The number of ether oxygens (including phenoxy) is 1. The summed E-state index contributed by atoms with van der Waals surface area (Å²) >= 11 is 1.90. The van der Waals surface area contributed by atoms with Crippen molar-refractivity contribution < 1.29 is 4.74 Å². The highest BCUT2D eigenvalue weighted by atomic mass is 32.2. The maximum absolute atomic E-state index is 5.67. The van der Waals surface area contributed by atoms with Gasteiger partial charge in [-0.2, -0.15) is 0 Å². The lowest BCUT2D eigenvalue weighted by atomic mass is 10.2. The molecule has 0 saturated carbocycles. The molecule has 1 atom stereocenters. The Labute approximate surface area is 114 Å². The van der Waals surface area contributed by atoms with Crippen LogP contribution < -0.4 is 5.32 Å². The van der Waals surface area contributed by atoms with Gasteiger partial charge in [0.25, 0.3) is 0 Å². The fourth-order valence-corrected chi connectivity index (χ4v) is 3.16. The van der Waals surface area contributed by atoms with Gasteiger partial charge in [0.2, 0.25) is 0 Å². The summed E-state index contributed by atoms with van der Waals surface area (Å²) in [7, 11) is 0. The summed E-state index contributed by atoms with van der Waals surface area (Å²) < 4.78 is 5.67. The van der Waals surface area contributed by atoms with Crippen molar-refractivity contribution in [3.05, 3.63) is 41.7 Å². The summed E-state index contributed by atoms with van der Waals surface area (Å²) in [5.74, 6) is 2.14. The third-order valence-electron chi connectivity index (χ3n) is 3.03. The summed E-state index contributed by atoms with van der Waals surface area (Å²) in [6.07, 6.45) is 3.26. The molecule has 98 valence electrons. The number of nitrogens with one attached hydrogen (secondary N) is 1. The Balaban J connectivity index is 1.95. The highest BCUT2D eigenvalue weighted by molar-refractivity contribution is 7.99. The van der Waals surface area contributed by atoms with Gasteiger partial charge in [0.1, 0.15) is 5.76 Å². The van der Waals surface area contributed by atoms with Crippen LogP contribution in [-0.2, 0) is 4.74 Å². The first-order valence-electron chi connectivity index (χ1n) is 6.56. The van der Waals surface area contributed by atoms with Gasteiger partial charge in [-0.15, -0.1) is 11.8 Å². The van der Waals surface area contributed by atoms with E-state index in [-0.39, 0.29) is 0 Å². The van der Waals surface area contributed by atoms with E-state index < -0.39 is 0 Å². The third kappa shape index (κ3) is 3.53. The molecule has 2 rings (SSSR count). The number of hydrogen-bond donors (Lipinski definition) is 1. The molecule has 0 aromatic heterocycles. The molecule has 1 unspecified atom stereocenters. The van der Waals surface area contributed by atoms with Crippen molar-refractivity contribution in [2.75, 3.05) is 18.9 Å². The first kappa shape index (κ1) is 13.5. The van der Waals surface area contributed by atoms with E-state index in [1.807, 2.05) is 11.8 Å².